The maximum absolute atomic E-state index is 14.0. The number of carboxylic acids is 2. The normalized spacial score (nSPS) is 13.4. The Labute approximate surface area is 236 Å². The summed E-state index contributed by atoms with van der Waals surface area (Å²) in [7, 11) is 3.81. The van der Waals surface area contributed by atoms with Crippen molar-refractivity contribution in [2.24, 2.45) is 0 Å². The molecule has 1 aromatic carbocycles. The smallest absolute Gasteiger partial charge is 0.475 e. The molecule has 0 radical (unpaired) electrons. The predicted molar refractivity (Wildman–Crippen MR) is 138 cm³/mol. The van der Waals surface area contributed by atoms with E-state index in [1.54, 1.807) is 6.07 Å². The fourth-order valence-corrected chi connectivity index (χ4v) is 3.54. The van der Waals surface area contributed by atoms with Gasteiger partial charge in [0.05, 0.1) is 5.56 Å². The van der Waals surface area contributed by atoms with Crippen molar-refractivity contribution >= 4 is 23.7 Å². The summed E-state index contributed by atoms with van der Waals surface area (Å²) in [4.78, 5) is 39.4. The van der Waals surface area contributed by atoms with E-state index in [-0.39, 0.29) is 17.8 Å². The third-order valence-electron chi connectivity index (χ3n) is 5.46. The number of fused-ring (bicyclic) bond motifs is 1. The number of nitrogens with zero attached hydrogens (tertiary/aromatic N) is 3. The van der Waals surface area contributed by atoms with Gasteiger partial charge in [-0.15, -0.1) is 0 Å². The molecular weight excluding hydrogens is 581 g/mol. The van der Waals surface area contributed by atoms with E-state index < -0.39 is 24.3 Å². The number of aromatic nitrogens is 1. The van der Waals surface area contributed by atoms with E-state index in [1.807, 2.05) is 51.0 Å². The first-order valence-electron chi connectivity index (χ1n) is 12.3. The minimum Gasteiger partial charge on any atom is -0.475 e. The van der Waals surface area contributed by atoms with Gasteiger partial charge in [-0.3, -0.25) is 9.69 Å². The Morgan fingerprint density at radius 3 is 1.93 bits per heavy atom. The lowest BCUT2D eigenvalue weighted by atomic mass is 10.0. The molecule has 0 atom stereocenters. The van der Waals surface area contributed by atoms with E-state index in [9.17, 15) is 35.5 Å². The number of benzene rings is 1. The van der Waals surface area contributed by atoms with Gasteiger partial charge in [0, 0.05) is 57.4 Å². The van der Waals surface area contributed by atoms with Crippen LogP contribution in [-0.4, -0.2) is 83.5 Å². The summed E-state index contributed by atoms with van der Waals surface area (Å²) in [5.74, 6) is -5.08. The lowest BCUT2D eigenvalue weighted by Gasteiger charge is -2.19. The lowest BCUT2D eigenvalue weighted by Crippen LogP contribution is -2.32. The van der Waals surface area contributed by atoms with Crippen LogP contribution in [0.1, 0.15) is 41.0 Å². The highest BCUT2D eigenvalue weighted by molar-refractivity contribution is 5.99. The molecule has 0 bridgehead atoms. The van der Waals surface area contributed by atoms with E-state index >= 15 is 0 Å². The molecule has 2 heterocycles. The molecule has 0 fully saturated rings. The Morgan fingerprint density at radius 1 is 0.976 bits per heavy atom. The van der Waals surface area contributed by atoms with Crippen molar-refractivity contribution in [3.63, 3.8) is 0 Å². The second-order valence-electron chi connectivity index (χ2n) is 9.46. The van der Waals surface area contributed by atoms with E-state index in [0.717, 1.165) is 37.2 Å². The van der Waals surface area contributed by atoms with Gasteiger partial charge in [0.1, 0.15) is 11.6 Å². The number of aliphatic carboxylic acids is 2. The van der Waals surface area contributed by atoms with Gasteiger partial charge in [0.15, 0.2) is 0 Å². The summed E-state index contributed by atoms with van der Waals surface area (Å²) in [6, 6.07) is 8.99. The van der Waals surface area contributed by atoms with E-state index in [2.05, 4.69) is 10.2 Å². The number of halogens is 7. The zero-order valence-electron chi connectivity index (χ0n) is 23.1. The van der Waals surface area contributed by atoms with Gasteiger partial charge in [-0.25, -0.2) is 19.0 Å². The number of anilines is 1. The second kappa shape index (κ2) is 15.3. The van der Waals surface area contributed by atoms with E-state index in [4.69, 9.17) is 24.8 Å². The zero-order valence-corrected chi connectivity index (χ0v) is 23.1. The molecule has 3 rings (SSSR count). The maximum atomic E-state index is 14.0. The number of carboxylic acid groups (broad SMARTS) is 2. The minimum absolute atomic E-state index is 0.0672. The van der Waals surface area contributed by atoms with E-state index in [0.29, 0.717) is 23.5 Å². The molecule has 42 heavy (non-hydrogen) atoms. The Morgan fingerprint density at radius 2 is 1.48 bits per heavy atom. The van der Waals surface area contributed by atoms with Gasteiger partial charge in [-0.2, -0.15) is 26.3 Å². The molecule has 2 aromatic rings. The highest BCUT2D eigenvalue weighted by Gasteiger charge is 2.38. The summed E-state index contributed by atoms with van der Waals surface area (Å²) in [5, 5.41) is 17.2. The highest BCUT2D eigenvalue weighted by atomic mass is 19.4. The molecule has 1 amide bonds. The Kier molecular flexibility index (Phi) is 13.2. The molecule has 0 aliphatic carbocycles. The Balaban J connectivity index is 0.000000522. The third kappa shape index (κ3) is 11.9. The molecular formula is C26H31F7N4O5. The van der Waals surface area contributed by atoms with Crippen molar-refractivity contribution in [1.82, 2.24) is 15.2 Å². The maximum Gasteiger partial charge on any atom is 0.490 e. The van der Waals surface area contributed by atoms with Crippen LogP contribution in [0.25, 0.3) is 0 Å². The average Bonchev–Trinajstić information content (AvgIpc) is 3.05. The van der Waals surface area contributed by atoms with Crippen molar-refractivity contribution in [2.45, 2.75) is 51.6 Å². The van der Waals surface area contributed by atoms with Crippen molar-refractivity contribution in [2.75, 3.05) is 32.1 Å². The van der Waals surface area contributed by atoms with Crippen LogP contribution in [0.2, 0.25) is 0 Å². The van der Waals surface area contributed by atoms with Crippen LogP contribution in [0.4, 0.5) is 36.6 Å². The molecule has 1 aromatic heterocycles. The minimum atomic E-state index is -5.08. The second-order valence-corrected chi connectivity index (χ2v) is 9.46. The molecule has 1 aliphatic rings. The highest BCUT2D eigenvalue weighted by Crippen LogP contribution is 2.24. The van der Waals surface area contributed by atoms with Crippen molar-refractivity contribution in [3.05, 3.63) is 58.5 Å². The zero-order chi connectivity index (χ0) is 32.4. The quantitative estimate of drug-likeness (QED) is 0.428. The molecule has 0 unspecified atom stereocenters. The summed E-state index contributed by atoms with van der Waals surface area (Å²) >= 11 is 0. The summed E-state index contributed by atoms with van der Waals surface area (Å²) < 4.78 is 77.5. The fraction of sp³-hybridized carbons (Fsp3) is 0.462. The van der Waals surface area contributed by atoms with Gasteiger partial charge in [-0.05, 0) is 38.0 Å². The van der Waals surface area contributed by atoms with Crippen molar-refractivity contribution in [3.8, 4) is 0 Å². The number of nitrogens with one attached hydrogen (secondary N) is 1. The van der Waals surface area contributed by atoms with Crippen LogP contribution in [0.5, 0.6) is 0 Å². The van der Waals surface area contributed by atoms with Crippen LogP contribution < -0.4 is 10.2 Å². The summed E-state index contributed by atoms with van der Waals surface area (Å²) in [6.45, 7) is 6.12. The molecule has 0 spiro atoms. The van der Waals surface area contributed by atoms with Gasteiger partial charge < -0.3 is 20.4 Å². The largest absolute Gasteiger partial charge is 0.490 e. The molecule has 234 valence electrons. The van der Waals surface area contributed by atoms with Crippen LogP contribution in [0.15, 0.2) is 30.3 Å². The van der Waals surface area contributed by atoms with Gasteiger partial charge in [-0.1, -0.05) is 18.2 Å². The number of rotatable bonds is 5. The number of carbonyl (C=O) groups is 3. The molecule has 0 saturated heterocycles. The first kappa shape index (κ1) is 36.1. The summed E-state index contributed by atoms with van der Waals surface area (Å²) in [6.07, 6.45) is -8.58. The number of alkyl halides is 6. The monoisotopic (exact) mass is 612 g/mol. The molecule has 0 saturated carbocycles. The van der Waals surface area contributed by atoms with Crippen LogP contribution in [0.3, 0.4) is 0 Å². The SMILES string of the molecule is CC(C)NC(=O)c1cc2c(nc1N(C)C)CCN(Cc1ccccc1F)CC2.O=C(O)C(F)(F)F.O=C(O)C(F)(F)F. The average molecular weight is 613 g/mol. The Hall–Kier alpha value is -3.95. The van der Waals surface area contributed by atoms with E-state index in [1.165, 1.54) is 6.07 Å². The van der Waals surface area contributed by atoms with Gasteiger partial charge in [0.2, 0.25) is 0 Å². The van der Waals surface area contributed by atoms with Crippen molar-refractivity contribution in [1.29, 1.82) is 0 Å². The van der Waals surface area contributed by atoms with Crippen LogP contribution in [0, 0.1) is 5.82 Å². The third-order valence-corrected chi connectivity index (χ3v) is 5.46. The molecule has 1 aliphatic heterocycles. The van der Waals surface area contributed by atoms with Crippen LogP contribution in [-0.2, 0) is 29.0 Å². The standard InChI is InChI=1S/C22H29FN4O.2C2HF3O2/c1-15(2)24-22(28)18-13-16-9-11-27(14-17-7-5-6-8-19(17)23)12-10-20(16)25-21(18)26(3)4;2*3-2(4,5)1(6)7/h5-8,13,15H,9-12,14H2,1-4H3,(H,24,28);2*(H,6,7). The molecule has 9 nitrogen and oxygen atoms in total. The number of hydrogen-bond acceptors (Lipinski definition) is 6. The lowest BCUT2D eigenvalue weighted by molar-refractivity contribution is -0.193. The number of hydrogen-bond donors (Lipinski definition) is 3. The van der Waals surface area contributed by atoms with Gasteiger partial charge >= 0.3 is 24.3 Å². The van der Waals surface area contributed by atoms with Gasteiger partial charge in [0.25, 0.3) is 5.91 Å². The first-order valence-corrected chi connectivity index (χ1v) is 12.3. The first-order chi connectivity index (χ1) is 19.2. The topological polar surface area (TPSA) is 123 Å². The predicted octanol–water partition coefficient (Wildman–Crippen LogP) is 4.29. The number of amides is 1. The molecule has 3 N–H and O–H groups in total. The number of carbonyl (C=O) groups excluding carboxylic acids is 1. The molecule has 16 heteroatoms. The Bertz CT molecular complexity index is 1210. The van der Waals surface area contributed by atoms with Crippen molar-refractivity contribution < 1.29 is 55.3 Å². The number of pyridine rings is 1. The van der Waals surface area contributed by atoms with Crippen LogP contribution >= 0.6 is 0 Å². The fourth-order valence-electron chi connectivity index (χ4n) is 3.54. The summed E-state index contributed by atoms with van der Waals surface area (Å²) in [5.41, 5.74) is 3.46.